The van der Waals surface area contributed by atoms with Gasteiger partial charge in [0.1, 0.15) is 0 Å². The number of aryl methyl sites for hydroxylation is 1. The number of carbonyl (C=O) groups is 2. The number of hydrogen-bond donors (Lipinski definition) is 2. The van der Waals surface area contributed by atoms with Crippen molar-refractivity contribution in [1.29, 1.82) is 0 Å². The van der Waals surface area contributed by atoms with Gasteiger partial charge in [0.15, 0.2) is 0 Å². The maximum Gasteiger partial charge on any atom is 0.409 e. The number of rotatable bonds is 5. The number of nitrogens with one attached hydrogen (secondary N) is 2. The molecule has 0 aromatic heterocycles. The molecule has 1 saturated heterocycles. The Kier molecular flexibility index (Phi) is 6.87. The van der Waals surface area contributed by atoms with Crippen LogP contribution in [0.15, 0.2) is 18.2 Å². The number of anilines is 1. The summed E-state index contributed by atoms with van der Waals surface area (Å²) in [6.45, 7) is 5.62. The Bertz CT molecular complexity index is 586. The van der Waals surface area contributed by atoms with Gasteiger partial charge in [0.25, 0.3) is 0 Å². The van der Waals surface area contributed by atoms with Gasteiger partial charge in [-0.05, 0) is 44.4 Å². The van der Waals surface area contributed by atoms with E-state index >= 15 is 0 Å². The monoisotopic (exact) mass is 353 g/mol. The zero-order valence-corrected chi connectivity index (χ0v) is 14.9. The van der Waals surface area contributed by atoms with E-state index in [9.17, 15) is 9.59 Å². The van der Waals surface area contributed by atoms with E-state index in [-0.39, 0.29) is 24.6 Å². The van der Waals surface area contributed by atoms with Crippen molar-refractivity contribution < 1.29 is 14.3 Å². The second-order valence-electron chi connectivity index (χ2n) is 5.85. The Hall–Kier alpha value is -1.79. The van der Waals surface area contributed by atoms with Crippen LogP contribution < -0.4 is 10.6 Å². The Morgan fingerprint density at radius 1 is 1.33 bits per heavy atom. The lowest BCUT2D eigenvalue weighted by atomic mass is 10.1. The van der Waals surface area contributed by atoms with Crippen molar-refractivity contribution in [3.05, 3.63) is 28.8 Å². The van der Waals surface area contributed by atoms with E-state index in [1.54, 1.807) is 17.9 Å². The number of piperidine rings is 1. The number of benzene rings is 1. The van der Waals surface area contributed by atoms with Crippen LogP contribution in [0.25, 0.3) is 0 Å². The Morgan fingerprint density at radius 3 is 2.67 bits per heavy atom. The summed E-state index contributed by atoms with van der Waals surface area (Å²) in [7, 11) is 0. The van der Waals surface area contributed by atoms with Crippen molar-refractivity contribution in [2.24, 2.45) is 0 Å². The van der Waals surface area contributed by atoms with E-state index < -0.39 is 0 Å². The van der Waals surface area contributed by atoms with Gasteiger partial charge in [-0.1, -0.05) is 17.7 Å². The lowest BCUT2D eigenvalue weighted by molar-refractivity contribution is -0.115. The summed E-state index contributed by atoms with van der Waals surface area (Å²) >= 11 is 6.05. The van der Waals surface area contributed by atoms with Crippen molar-refractivity contribution in [2.75, 3.05) is 31.6 Å². The molecule has 132 valence electrons. The molecule has 1 fully saturated rings. The number of hydrogen-bond acceptors (Lipinski definition) is 4. The van der Waals surface area contributed by atoms with Gasteiger partial charge in [-0.2, -0.15) is 0 Å². The lowest BCUT2D eigenvalue weighted by Crippen LogP contribution is -2.46. The van der Waals surface area contributed by atoms with Crippen LogP contribution in [0, 0.1) is 6.92 Å². The second kappa shape index (κ2) is 8.89. The first-order valence-corrected chi connectivity index (χ1v) is 8.58. The molecule has 6 nitrogen and oxygen atoms in total. The highest BCUT2D eigenvalue weighted by Gasteiger charge is 2.23. The summed E-state index contributed by atoms with van der Waals surface area (Å²) in [5.74, 6) is -0.109. The number of amides is 2. The molecule has 2 amide bonds. The van der Waals surface area contributed by atoms with Gasteiger partial charge in [0.2, 0.25) is 5.91 Å². The third kappa shape index (κ3) is 5.39. The number of halogens is 1. The molecule has 7 heteroatoms. The maximum absolute atomic E-state index is 12.0. The molecule has 1 aliphatic rings. The molecule has 0 bridgehead atoms. The summed E-state index contributed by atoms with van der Waals surface area (Å²) in [6.07, 6.45) is 1.36. The predicted octanol–water partition coefficient (Wildman–Crippen LogP) is 2.80. The highest BCUT2D eigenvalue weighted by Crippen LogP contribution is 2.19. The average molecular weight is 354 g/mol. The molecule has 1 aliphatic heterocycles. The normalized spacial score (nSPS) is 15.2. The van der Waals surface area contributed by atoms with Crippen LogP contribution in [0.1, 0.15) is 25.3 Å². The Morgan fingerprint density at radius 2 is 2.04 bits per heavy atom. The summed E-state index contributed by atoms with van der Waals surface area (Å²) in [5, 5.41) is 6.69. The van der Waals surface area contributed by atoms with E-state index in [4.69, 9.17) is 16.3 Å². The minimum Gasteiger partial charge on any atom is -0.450 e. The predicted molar refractivity (Wildman–Crippen MR) is 94.4 cm³/mol. The molecular weight excluding hydrogens is 330 g/mol. The van der Waals surface area contributed by atoms with Crippen LogP contribution in [0.2, 0.25) is 5.02 Å². The molecule has 0 aliphatic carbocycles. The first-order valence-electron chi connectivity index (χ1n) is 8.20. The van der Waals surface area contributed by atoms with Crippen molar-refractivity contribution in [3.8, 4) is 0 Å². The molecule has 0 atom stereocenters. The third-order valence-electron chi connectivity index (χ3n) is 4.03. The highest BCUT2D eigenvalue weighted by molar-refractivity contribution is 6.31. The fourth-order valence-electron chi connectivity index (χ4n) is 2.59. The molecular formula is C17H24ClN3O3. The van der Waals surface area contributed by atoms with Crippen molar-refractivity contribution >= 4 is 29.3 Å². The van der Waals surface area contributed by atoms with E-state index in [0.717, 1.165) is 18.4 Å². The molecule has 0 saturated carbocycles. The van der Waals surface area contributed by atoms with Crippen molar-refractivity contribution in [2.45, 2.75) is 32.7 Å². The second-order valence-corrected chi connectivity index (χ2v) is 6.26. The molecule has 2 rings (SSSR count). The van der Waals surface area contributed by atoms with Crippen LogP contribution in [-0.4, -0.2) is 49.2 Å². The van der Waals surface area contributed by atoms with Gasteiger partial charge in [-0.3, -0.25) is 4.79 Å². The number of ether oxygens (including phenoxy) is 1. The van der Waals surface area contributed by atoms with E-state index in [1.165, 1.54) is 0 Å². The van der Waals surface area contributed by atoms with Gasteiger partial charge in [0, 0.05) is 29.8 Å². The maximum atomic E-state index is 12.0. The van der Waals surface area contributed by atoms with Gasteiger partial charge in [-0.15, -0.1) is 0 Å². The van der Waals surface area contributed by atoms with Gasteiger partial charge in [-0.25, -0.2) is 4.79 Å². The van der Waals surface area contributed by atoms with E-state index in [2.05, 4.69) is 10.6 Å². The smallest absolute Gasteiger partial charge is 0.409 e. The molecule has 24 heavy (non-hydrogen) atoms. The molecule has 0 spiro atoms. The summed E-state index contributed by atoms with van der Waals surface area (Å²) < 4.78 is 4.99. The van der Waals surface area contributed by atoms with Gasteiger partial charge in [0.05, 0.1) is 13.2 Å². The number of likely N-dealkylation sites (tertiary alicyclic amines) is 1. The molecule has 0 unspecified atom stereocenters. The zero-order valence-electron chi connectivity index (χ0n) is 14.1. The summed E-state index contributed by atoms with van der Waals surface area (Å²) in [6, 6.07) is 5.67. The first kappa shape index (κ1) is 18.5. The Labute approximate surface area is 147 Å². The fourth-order valence-corrected chi connectivity index (χ4v) is 2.77. The number of carbonyl (C=O) groups excluding carboxylic acids is 2. The quantitative estimate of drug-likeness (QED) is 0.854. The van der Waals surface area contributed by atoms with E-state index in [0.29, 0.717) is 30.4 Å². The minimum atomic E-state index is -0.259. The van der Waals surface area contributed by atoms with Gasteiger partial charge >= 0.3 is 6.09 Å². The third-order valence-corrected chi connectivity index (χ3v) is 4.44. The van der Waals surface area contributed by atoms with Gasteiger partial charge < -0.3 is 20.3 Å². The topological polar surface area (TPSA) is 70.7 Å². The van der Waals surface area contributed by atoms with Crippen molar-refractivity contribution in [1.82, 2.24) is 10.2 Å². The lowest BCUT2D eigenvalue weighted by Gasteiger charge is -2.31. The van der Waals surface area contributed by atoms with Crippen LogP contribution in [0.5, 0.6) is 0 Å². The SMILES string of the molecule is CCOC(=O)N1CCC(NCC(=O)Nc2ccc(C)c(Cl)c2)CC1. The fraction of sp³-hybridized carbons (Fsp3) is 0.529. The molecule has 2 N–H and O–H groups in total. The average Bonchev–Trinajstić information content (AvgIpc) is 2.57. The molecule has 1 heterocycles. The standard InChI is InChI=1S/C17H24ClN3O3/c1-3-24-17(23)21-8-6-13(7-9-21)19-11-16(22)20-14-5-4-12(2)15(18)10-14/h4-5,10,13,19H,3,6-9,11H2,1-2H3,(H,20,22). The van der Waals surface area contributed by atoms with Crippen LogP contribution >= 0.6 is 11.6 Å². The van der Waals surface area contributed by atoms with Crippen LogP contribution in [-0.2, 0) is 9.53 Å². The van der Waals surface area contributed by atoms with Crippen LogP contribution in [0.4, 0.5) is 10.5 Å². The highest BCUT2D eigenvalue weighted by atomic mass is 35.5. The van der Waals surface area contributed by atoms with Crippen molar-refractivity contribution in [3.63, 3.8) is 0 Å². The molecule has 1 aromatic carbocycles. The Balaban J connectivity index is 1.71. The molecule has 1 aromatic rings. The number of nitrogens with zero attached hydrogens (tertiary/aromatic N) is 1. The summed E-state index contributed by atoms with van der Waals surface area (Å²) in [4.78, 5) is 25.3. The largest absolute Gasteiger partial charge is 0.450 e. The molecule has 0 radical (unpaired) electrons. The minimum absolute atomic E-state index is 0.109. The summed E-state index contributed by atoms with van der Waals surface area (Å²) in [5.41, 5.74) is 1.66. The van der Waals surface area contributed by atoms with Crippen LogP contribution in [0.3, 0.4) is 0 Å². The zero-order chi connectivity index (χ0) is 17.5. The first-order chi connectivity index (χ1) is 11.5. The van der Waals surface area contributed by atoms with E-state index in [1.807, 2.05) is 19.1 Å².